The van der Waals surface area contributed by atoms with Gasteiger partial charge in [-0.05, 0) is 51.4 Å². The first kappa shape index (κ1) is 21.3. The summed E-state index contributed by atoms with van der Waals surface area (Å²) in [4.78, 5) is 39.9. The Kier molecular flexibility index (Phi) is 5.25. The Bertz CT molecular complexity index is 1200. The van der Waals surface area contributed by atoms with Crippen molar-refractivity contribution in [3.05, 3.63) is 77.0 Å². The molecule has 2 fully saturated rings. The number of rotatable bonds is 4. The summed E-state index contributed by atoms with van der Waals surface area (Å²) < 4.78 is 0. The minimum absolute atomic E-state index is 0.0249. The third-order valence-electron chi connectivity index (χ3n) is 7.26. The van der Waals surface area contributed by atoms with Gasteiger partial charge in [-0.15, -0.1) is 0 Å². The number of carbonyl (C=O) groups excluding carboxylic acids is 1. The summed E-state index contributed by atoms with van der Waals surface area (Å²) in [6.45, 7) is 0.595. The van der Waals surface area contributed by atoms with Crippen molar-refractivity contribution in [3.8, 4) is 11.4 Å². The second-order valence-electron chi connectivity index (χ2n) is 9.30. The van der Waals surface area contributed by atoms with Crippen LogP contribution in [0.15, 0.2) is 65.8 Å². The first-order valence-electron chi connectivity index (χ1n) is 11.2. The van der Waals surface area contributed by atoms with E-state index in [0.29, 0.717) is 23.6 Å². The van der Waals surface area contributed by atoms with Crippen LogP contribution >= 0.6 is 0 Å². The topological polar surface area (TPSA) is 94.2 Å². The summed E-state index contributed by atoms with van der Waals surface area (Å²) in [6.07, 6.45) is 8.60. The highest BCUT2D eigenvalue weighted by Gasteiger charge is 2.50. The normalized spacial score (nSPS) is 24.9. The molecule has 1 aromatic carbocycles. The van der Waals surface area contributed by atoms with Gasteiger partial charge in [0, 0.05) is 23.4 Å². The average molecular weight is 445 g/mol. The quantitative estimate of drug-likeness (QED) is 0.645. The molecular weight excluding hydrogens is 416 g/mol. The largest absolute Gasteiger partial charge is 0.330 e. The van der Waals surface area contributed by atoms with Crippen LogP contribution in [0.25, 0.3) is 11.4 Å². The first-order chi connectivity index (χ1) is 15.9. The number of benzene rings is 1. The second-order valence-corrected chi connectivity index (χ2v) is 9.30. The van der Waals surface area contributed by atoms with Crippen molar-refractivity contribution in [1.29, 1.82) is 0 Å². The molecular formula is C25H28N6O2. The van der Waals surface area contributed by atoms with E-state index < -0.39 is 0 Å². The minimum atomic E-state index is -0.253. The number of hydrogen-bond donors (Lipinski definition) is 2. The molecule has 2 amide bonds. The van der Waals surface area contributed by atoms with Crippen LogP contribution in [-0.4, -0.2) is 52.1 Å². The molecule has 1 spiro atoms. The first-order valence-corrected chi connectivity index (χ1v) is 11.2. The Morgan fingerprint density at radius 3 is 2.30 bits per heavy atom. The number of amides is 2. The Morgan fingerprint density at radius 2 is 1.67 bits per heavy atom. The van der Waals surface area contributed by atoms with Crippen molar-refractivity contribution in [1.82, 2.24) is 25.2 Å². The summed E-state index contributed by atoms with van der Waals surface area (Å²) in [7, 11) is 4.29. The molecule has 1 saturated carbocycles. The molecule has 33 heavy (non-hydrogen) atoms. The van der Waals surface area contributed by atoms with E-state index in [1.807, 2.05) is 0 Å². The highest BCUT2D eigenvalue weighted by molar-refractivity contribution is 5.95. The van der Waals surface area contributed by atoms with Gasteiger partial charge >= 0.3 is 6.03 Å². The van der Waals surface area contributed by atoms with Crippen molar-refractivity contribution in [2.45, 2.75) is 36.8 Å². The van der Waals surface area contributed by atoms with Crippen LogP contribution in [0.3, 0.4) is 0 Å². The van der Waals surface area contributed by atoms with E-state index in [4.69, 9.17) is 0 Å². The Balaban J connectivity index is 1.33. The maximum atomic E-state index is 12.9. The molecule has 5 rings (SSSR count). The second kappa shape index (κ2) is 8.12. The van der Waals surface area contributed by atoms with Gasteiger partial charge < -0.3 is 10.3 Å². The number of H-pyrrole nitrogens is 1. The van der Waals surface area contributed by atoms with Crippen LogP contribution in [0.2, 0.25) is 0 Å². The smallest absolute Gasteiger partial charge is 0.322 e. The molecule has 1 aliphatic heterocycles. The molecule has 8 nitrogen and oxygen atoms in total. The zero-order valence-electron chi connectivity index (χ0n) is 18.9. The van der Waals surface area contributed by atoms with E-state index >= 15 is 0 Å². The van der Waals surface area contributed by atoms with Crippen molar-refractivity contribution < 1.29 is 4.79 Å². The van der Waals surface area contributed by atoms with Crippen molar-refractivity contribution in [3.63, 3.8) is 0 Å². The molecule has 2 aliphatic rings. The lowest BCUT2D eigenvalue weighted by Crippen LogP contribution is -2.54. The van der Waals surface area contributed by atoms with Gasteiger partial charge in [0.05, 0.1) is 30.2 Å². The molecule has 3 heterocycles. The summed E-state index contributed by atoms with van der Waals surface area (Å²) in [5, 5.41) is 3.27. The fourth-order valence-electron chi connectivity index (χ4n) is 5.28. The van der Waals surface area contributed by atoms with Crippen LogP contribution in [0.4, 0.5) is 10.5 Å². The van der Waals surface area contributed by atoms with E-state index in [2.05, 4.69) is 69.6 Å². The van der Waals surface area contributed by atoms with Crippen molar-refractivity contribution in [2.75, 3.05) is 25.5 Å². The lowest BCUT2D eigenvalue weighted by Gasteiger charge is -2.48. The molecule has 2 N–H and O–H groups in total. The summed E-state index contributed by atoms with van der Waals surface area (Å²) in [5.74, 6) is 0.454. The summed E-state index contributed by atoms with van der Waals surface area (Å²) >= 11 is 0. The van der Waals surface area contributed by atoms with E-state index in [0.717, 1.165) is 25.7 Å². The van der Waals surface area contributed by atoms with Gasteiger partial charge in [0.25, 0.3) is 0 Å². The molecule has 2 aromatic heterocycles. The monoisotopic (exact) mass is 444 g/mol. The number of anilines is 1. The lowest BCUT2D eigenvalue weighted by atomic mass is 9.69. The molecule has 0 atom stereocenters. The zero-order chi connectivity index (χ0) is 23.1. The van der Waals surface area contributed by atoms with E-state index in [1.165, 1.54) is 11.6 Å². The van der Waals surface area contributed by atoms with Crippen LogP contribution < -0.4 is 15.8 Å². The number of nitrogens with zero attached hydrogens (tertiary/aromatic N) is 4. The SMILES string of the molecule is CN(C)[C@]1(c2ccccc2)CC[C@@]2(CC1)CN(c1cnc(-c3cc[nH]c(=O)c3)nc1)C(=O)N2. The highest BCUT2D eigenvalue weighted by Crippen LogP contribution is 2.46. The third-order valence-corrected chi connectivity index (χ3v) is 7.26. The van der Waals surface area contributed by atoms with Gasteiger partial charge in [-0.1, -0.05) is 30.3 Å². The number of nitrogens with one attached hydrogen (secondary N) is 2. The standard InChI is InChI=1S/C25H28N6O2/c1-30(2)25(19-6-4-3-5-7-19)11-9-24(10-12-25)17-31(23(33)29-24)20-15-27-22(28-16-20)18-8-13-26-21(32)14-18/h3-8,13-16H,9-12,17H2,1-2H3,(H,26,32)(H,29,33)/t24-,25-. The predicted molar refractivity (Wildman–Crippen MR) is 127 cm³/mol. The maximum absolute atomic E-state index is 12.9. The maximum Gasteiger partial charge on any atom is 0.322 e. The molecule has 0 radical (unpaired) electrons. The third kappa shape index (κ3) is 3.80. The molecule has 0 unspecified atom stereocenters. The van der Waals surface area contributed by atoms with E-state index in [-0.39, 0.29) is 22.7 Å². The number of pyridine rings is 1. The van der Waals surface area contributed by atoms with Crippen molar-refractivity contribution >= 4 is 11.7 Å². The number of aromatic nitrogens is 3. The van der Waals surface area contributed by atoms with Crippen LogP contribution in [0, 0.1) is 0 Å². The molecule has 8 heteroatoms. The summed E-state index contributed by atoms with van der Waals surface area (Å²) in [6, 6.07) is 13.7. The van der Waals surface area contributed by atoms with Gasteiger partial charge in [-0.25, -0.2) is 14.8 Å². The van der Waals surface area contributed by atoms with Gasteiger partial charge in [-0.3, -0.25) is 14.6 Å². The van der Waals surface area contributed by atoms with Crippen LogP contribution in [0.5, 0.6) is 0 Å². The molecule has 0 bridgehead atoms. The number of hydrogen-bond acceptors (Lipinski definition) is 5. The molecule has 1 aliphatic carbocycles. The van der Waals surface area contributed by atoms with Gasteiger partial charge in [0.1, 0.15) is 0 Å². The summed E-state index contributed by atoms with van der Waals surface area (Å²) in [5.41, 5.74) is 2.14. The Labute approximate surface area is 192 Å². The number of aromatic amines is 1. The van der Waals surface area contributed by atoms with Gasteiger partial charge in [-0.2, -0.15) is 0 Å². The van der Waals surface area contributed by atoms with E-state index in [1.54, 1.807) is 29.6 Å². The number of urea groups is 1. The average Bonchev–Trinajstić information content (AvgIpc) is 3.16. The zero-order valence-corrected chi connectivity index (χ0v) is 18.9. The fourth-order valence-corrected chi connectivity index (χ4v) is 5.28. The molecule has 170 valence electrons. The minimum Gasteiger partial charge on any atom is -0.330 e. The number of carbonyl (C=O) groups is 1. The Hall–Kier alpha value is -3.52. The molecule has 1 saturated heterocycles. The van der Waals surface area contributed by atoms with E-state index in [9.17, 15) is 9.59 Å². The predicted octanol–water partition coefficient (Wildman–Crippen LogP) is 3.13. The fraction of sp³-hybridized carbons (Fsp3) is 0.360. The molecule has 3 aromatic rings. The Morgan fingerprint density at radius 1 is 0.970 bits per heavy atom. The lowest BCUT2D eigenvalue weighted by molar-refractivity contribution is 0.0658. The van der Waals surface area contributed by atoms with Crippen molar-refractivity contribution in [2.24, 2.45) is 0 Å². The highest BCUT2D eigenvalue weighted by atomic mass is 16.2. The van der Waals surface area contributed by atoms with Gasteiger partial charge in [0.15, 0.2) is 5.82 Å². The van der Waals surface area contributed by atoms with Crippen LogP contribution in [0.1, 0.15) is 31.2 Å². The van der Waals surface area contributed by atoms with Gasteiger partial charge in [0.2, 0.25) is 5.56 Å². The van der Waals surface area contributed by atoms with Crippen LogP contribution in [-0.2, 0) is 5.54 Å².